The number of fused-ring (bicyclic) bond motifs is 1. The summed E-state index contributed by atoms with van der Waals surface area (Å²) in [5, 5.41) is 15.2. The molecule has 1 aromatic heterocycles. The molecule has 1 atom stereocenters. The standard InChI is InChI=1S/C15H17N3O2S/c1-2-16-12-4-3-5-13-14(12)21-15(17-13)10-6-8-11(9-7-10)18(19)20/h6-9,12,16H,2-5H2,1H3. The summed E-state index contributed by atoms with van der Waals surface area (Å²) in [5.41, 5.74) is 2.26. The summed E-state index contributed by atoms with van der Waals surface area (Å²) in [6.07, 6.45) is 3.34. The van der Waals surface area contributed by atoms with E-state index >= 15 is 0 Å². The van der Waals surface area contributed by atoms with E-state index < -0.39 is 0 Å². The number of non-ortho nitro benzene ring substituents is 1. The zero-order valence-corrected chi connectivity index (χ0v) is 12.7. The normalized spacial score (nSPS) is 17.5. The Bertz CT molecular complexity index is 651. The molecule has 0 saturated carbocycles. The quantitative estimate of drug-likeness (QED) is 0.690. The zero-order valence-electron chi connectivity index (χ0n) is 11.8. The van der Waals surface area contributed by atoms with E-state index in [1.807, 2.05) is 0 Å². The smallest absolute Gasteiger partial charge is 0.269 e. The highest BCUT2D eigenvalue weighted by Gasteiger charge is 2.24. The lowest BCUT2D eigenvalue weighted by molar-refractivity contribution is -0.384. The van der Waals surface area contributed by atoms with Gasteiger partial charge in [-0.15, -0.1) is 11.3 Å². The Balaban J connectivity index is 1.91. The predicted octanol–water partition coefficient (Wildman–Crippen LogP) is 3.71. The van der Waals surface area contributed by atoms with E-state index in [1.54, 1.807) is 23.5 Å². The minimum absolute atomic E-state index is 0.116. The van der Waals surface area contributed by atoms with Crippen LogP contribution < -0.4 is 5.32 Å². The second kappa shape index (κ2) is 5.91. The summed E-state index contributed by atoms with van der Waals surface area (Å²) in [6, 6.07) is 7.05. The van der Waals surface area contributed by atoms with Gasteiger partial charge < -0.3 is 5.32 Å². The first-order valence-corrected chi connectivity index (χ1v) is 7.98. The fourth-order valence-corrected chi connectivity index (χ4v) is 3.94. The van der Waals surface area contributed by atoms with Crippen LogP contribution in [0.25, 0.3) is 10.6 Å². The van der Waals surface area contributed by atoms with Crippen molar-refractivity contribution in [2.45, 2.75) is 32.2 Å². The van der Waals surface area contributed by atoms with Crippen molar-refractivity contribution >= 4 is 17.0 Å². The summed E-state index contributed by atoms with van der Waals surface area (Å²) < 4.78 is 0. The van der Waals surface area contributed by atoms with Crippen molar-refractivity contribution in [1.82, 2.24) is 10.3 Å². The van der Waals surface area contributed by atoms with Crippen molar-refractivity contribution in [3.05, 3.63) is 45.0 Å². The predicted molar refractivity (Wildman–Crippen MR) is 83.6 cm³/mol. The molecular weight excluding hydrogens is 286 g/mol. The fraction of sp³-hybridized carbons (Fsp3) is 0.400. The molecule has 0 spiro atoms. The Morgan fingerprint density at radius 1 is 1.43 bits per heavy atom. The van der Waals surface area contributed by atoms with Crippen LogP contribution in [0.1, 0.15) is 36.4 Å². The summed E-state index contributed by atoms with van der Waals surface area (Å²) in [4.78, 5) is 16.4. The van der Waals surface area contributed by atoms with Crippen LogP contribution in [-0.2, 0) is 6.42 Å². The summed E-state index contributed by atoms with van der Waals surface area (Å²) >= 11 is 1.71. The van der Waals surface area contributed by atoms with Crippen LogP contribution in [-0.4, -0.2) is 16.5 Å². The zero-order chi connectivity index (χ0) is 14.8. The molecule has 0 aliphatic heterocycles. The van der Waals surface area contributed by atoms with Gasteiger partial charge in [0, 0.05) is 28.6 Å². The topological polar surface area (TPSA) is 68.1 Å². The van der Waals surface area contributed by atoms with Gasteiger partial charge in [-0.2, -0.15) is 0 Å². The van der Waals surface area contributed by atoms with Crippen LogP contribution >= 0.6 is 11.3 Å². The minimum atomic E-state index is -0.377. The molecule has 0 radical (unpaired) electrons. The third-order valence-corrected chi connectivity index (χ3v) is 4.99. The first-order valence-electron chi connectivity index (χ1n) is 7.17. The second-order valence-electron chi connectivity index (χ2n) is 5.14. The summed E-state index contributed by atoms with van der Waals surface area (Å²) in [5.74, 6) is 0. The van der Waals surface area contributed by atoms with Gasteiger partial charge in [-0.3, -0.25) is 10.1 Å². The van der Waals surface area contributed by atoms with Crippen LogP contribution in [0.5, 0.6) is 0 Å². The number of thiazole rings is 1. The SMILES string of the molecule is CCNC1CCCc2nc(-c3ccc([N+](=O)[O-])cc3)sc21. The largest absolute Gasteiger partial charge is 0.309 e. The molecule has 1 N–H and O–H groups in total. The molecule has 1 heterocycles. The maximum absolute atomic E-state index is 10.7. The number of hydrogen-bond acceptors (Lipinski definition) is 5. The molecule has 0 fully saturated rings. The first-order chi connectivity index (χ1) is 10.2. The van der Waals surface area contributed by atoms with Crippen molar-refractivity contribution in [1.29, 1.82) is 0 Å². The van der Waals surface area contributed by atoms with Gasteiger partial charge in [0.15, 0.2) is 0 Å². The molecule has 110 valence electrons. The molecule has 0 bridgehead atoms. The summed E-state index contributed by atoms with van der Waals surface area (Å²) in [7, 11) is 0. The van der Waals surface area contributed by atoms with E-state index in [0.717, 1.165) is 36.4 Å². The molecule has 1 unspecified atom stereocenters. The lowest BCUT2D eigenvalue weighted by Gasteiger charge is -2.21. The van der Waals surface area contributed by atoms with Crippen LogP contribution in [0.2, 0.25) is 0 Å². The lowest BCUT2D eigenvalue weighted by Crippen LogP contribution is -2.23. The molecule has 6 heteroatoms. The fourth-order valence-electron chi connectivity index (χ4n) is 2.71. The maximum atomic E-state index is 10.7. The molecule has 21 heavy (non-hydrogen) atoms. The maximum Gasteiger partial charge on any atom is 0.269 e. The molecule has 5 nitrogen and oxygen atoms in total. The number of nitro groups is 1. The molecule has 0 amide bonds. The Kier molecular flexibility index (Phi) is 3.98. The van der Waals surface area contributed by atoms with Gasteiger partial charge in [0.1, 0.15) is 5.01 Å². The number of hydrogen-bond donors (Lipinski definition) is 1. The number of nitrogens with zero attached hydrogens (tertiary/aromatic N) is 2. The number of aryl methyl sites for hydroxylation is 1. The van der Waals surface area contributed by atoms with E-state index in [1.165, 1.54) is 22.7 Å². The van der Waals surface area contributed by atoms with Gasteiger partial charge in [-0.25, -0.2) is 4.98 Å². The monoisotopic (exact) mass is 303 g/mol. The number of benzene rings is 1. The van der Waals surface area contributed by atoms with Gasteiger partial charge in [0.25, 0.3) is 5.69 Å². The van der Waals surface area contributed by atoms with Crippen molar-refractivity contribution in [2.24, 2.45) is 0 Å². The van der Waals surface area contributed by atoms with E-state index in [0.29, 0.717) is 6.04 Å². The van der Waals surface area contributed by atoms with Crippen molar-refractivity contribution in [3.8, 4) is 10.6 Å². The molecule has 1 aromatic carbocycles. The highest BCUT2D eigenvalue weighted by atomic mass is 32.1. The van der Waals surface area contributed by atoms with Crippen LogP contribution in [0, 0.1) is 10.1 Å². The Morgan fingerprint density at radius 3 is 2.86 bits per heavy atom. The number of rotatable bonds is 4. The number of nitro benzene ring substituents is 1. The average Bonchev–Trinajstić information content (AvgIpc) is 2.93. The van der Waals surface area contributed by atoms with Crippen LogP contribution in [0.3, 0.4) is 0 Å². The Hall–Kier alpha value is -1.79. The van der Waals surface area contributed by atoms with Gasteiger partial charge in [0.05, 0.1) is 10.6 Å². The van der Waals surface area contributed by atoms with Gasteiger partial charge in [0.2, 0.25) is 0 Å². The van der Waals surface area contributed by atoms with Crippen molar-refractivity contribution in [2.75, 3.05) is 6.54 Å². The molecule has 3 rings (SSSR count). The van der Waals surface area contributed by atoms with Gasteiger partial charge in [-0.05, 0) is 37.9 Å². The molecule has 2 aromatic rings. The first kappa shape index (κ1) is 14.2. The Morgan fingerprint density at radius 2 is 2.19 bits per heavy atom. The summed E-state index contributed by atoms with van der Waals surface area (Å²) in [6.45, 7) is 3.07. The third-order valence-electron chi connectivity index (χ3n) is 3.73. The Labute approximate surface area is 127 Å². The molecule has 1 aliphatic carbocycles. The number of aromatic nitrogens is 1. The van der Waals surface area contributed by atoms with E-state index in [2.05, 4.69) is 12.2 Å². The van der Waals surface area contributed by atoms with E-state index in [9.17, 15) is 10.1 Å². The second-order valence-corrected chi connectivity index (χ2v) is 6.17. The van der Waals surface area contributed by atoms with Crippen molar-refractivity contribution in [3.63, 3.8) is 0 Å². The molecule has 1 aliphatic rings. The van der Waals surface area contributed by atoms with E-state index in [4.69, 9.17) is 4.98 Å². The van der Waals surface area contributed by atoms with Gasteiger partial charge >= 0.3 is 0 Å². The minimum Gasteiger partial charge on any atom is -0.309 e. The highest BCUT2D eigenvalue weighted by Crippen LogP contribution is 2.38. The highest BCUT2D eigenvalue weighted by molar-refractivity contribution is 7.15. The third kappa shape index (κ3) is 2.82. The number of nitrogens with one attached hydrogen (secondary N) is 1. The lowest BCUT2D eigenvalue weighted by atomic mass is 9.98. The van der Waals surface area contributed by atoms with Crippen molar-refractivity contribution < 1.29 is 4.92 Å². The molecule has 0 saturated heterocycles. The average molecular weight is 303 g/mol. The van der Waals surface area contributed by atoms with Gasteiger partial charge in [-0.1, -0.05) is 6.92 Å². The molecular formula is C15H17N3O2S. The van der Waals surface area contributed by atoms with Crippen LogP contribution in [0.4, 0.5) is 5.69 Å². The van der Waals surface area contributed by atoms with Crippen LogP contribution in [0.15, 0.2) is 24.3 Å². The van der Waals surface area contributed by atoms with E-state index in [-0.39, 0.29) is 10.6 Å².